The van der Waals surface area contributed by atoms with E-state index in [9.17, 15) is 14.4 Å². The topological polar surface area (TPSA) is 79.0 Å². The van der Waals surface area contributed by atoms with Crippen molar-refractivity contribution in [3.05, 3.63) is 65.2 Å². The molecular formula is C21H22ClN3O4. The molecule has 1 atom stereocenters. The molecule has 0 spiro atoms. The van der Waals surface area contributed by atoms with Crippen molar-refractivity contribution < 1.29 is 19.1 Å². The molecule has 3 rings (SSSR count). The Morgan fingerprint density at radius 3 is 2.45 bits per heavy atom. The number of ether oxygens (including phenoxy) is 1. The lowest BCUT2D eigenvalue weighted by molar-refractivity contribution is -0.138. The highest BCUT2D eigenvalue weighted by Crippen LogP contribution is 2.28. The number of halogens is 1. The van der Waals surface area contributed by atoms with Crippen molar-refractivity contribution in [3.63, 3.8) is 0 Å². The second-order valence-corrected chi connectivity index (χ2v) is 7.37. The fourth-order valence-electron chi connectivity index (χ4n) is 3.02. The predicted octanol–water partition coefficient (Wildman–Crippen LogP) is 2.64. The molecular weight excluding hydrogens is 394 g/mol. The lowest BCUT2D eigenvalue weighted by atomic mass is 9.92. The van der Waals surface area contributed by atoms with Crippen LogP contribution in [0.4, 0.5) is 4.79 Å². The summed E-state index contributed by atoms with van der Waals surface area (Å²) in [5.74, 6) is -0.165. The zero-order valence-corrected chi connectivity index (χ0v) is 17.0. The molecule has 1 aliphatic heterocycles. The van der Waals surface area contributed by atoms with Gasteiger partial charge in [0.15, 0.2) is 0 Å². The minimum atomic E-state index is -1.19. The summed E-state index contributed by atoms with van der Waals surface area (Å²) in [7, 11) is 1.60. The van der Waals surface area contributed by atoms with E-state index in [0.717, 1.165) is 4.90 Å². The van der Waals surface area contributed by atoms with Crippen molar-refractivity contribution in [1.29, 1.82) is 0 Å². The zero-order chi connectivity index (χ0) is 21.0. The molecule has 4 amide bonds. The van der Waals surface area contributed by atoms with Gasteiger partial charge in [0, 0.05) is 12.1 Å². The van der Waals surface area contributed by atoms with Gasteiger partial charge in [-0.1, -0.05) is 41.9 Å². The molecule has 2 aromatic rings. The number of hydrogen-bond donors (Lipinski definition) is 1. The molecule has 8 heteroatoms. The smallest absolute Gasteiger partial charge is 0.325 e. The Kier molecular flexibility index (Phi) is 6.08. The summed E-state index contributed by atoms with van der Waals surface area (Å²) in [6.45, 7) is 1.88. The summed E-state index contributed by atoms with van der Waals surface area (Å²) in [6, 6.07) is 15.3. The SMILES string of the molecule is CN(CCOc1ccc(Cl)cc1)C(=O)CN1C(=O)N[C@@](C)(c2ccccc2)C1=O. The maximum absolute atomic E-state index is 12.9. The van der Waals surface area contributed by atoms with Crippen LogP contribution in [0.15, 0.2) is 54.6 Å². The van der Waals surface area contributed by atoms with Crippen LogP contribution < -0.4 is 10.1 Å². The number of carbonyl (C=O) groups excluding carboxylic acids is 3. The lowest BCUT2D eigenvalue weighted by Gasteiger charge is -2.23. The first kappa shape index (κ1) is 20.7. The van der Waals surface area contributed by atoms with Gasteiger partial charge in [-0.05, 0) is 36.8 Å². The number of likely N-dealkylation sites (N-methyl/N-ethyl adjacent to an activating group) is 1. The van der Waals surface area contributed by atoms with Crippen LogP contribution in [0.5, 0.6) is 5.75 Å². The van der Waals surface area contributed by atoms with E-state index in [-0.39, 0.29) is 19.1 Å². The van der Waals surface area contributed by atoms with Gasteiger partial charge in [-0.15, -0.1) is 0 Å². The van der Waals surface area contributed by atoms with Crippen LogP contribution in [-0.4, -0.2) is 54.4 Å². The maximum Gasteiger partial charge on any atom is 0.325 e. The Balaban J connectivity index is 1.56. The van der Waals surface area contributed by atoms with E-state index >= 15 is 0 Å². The molecule has 1 fully saturated rings. The Morgan fingerprint density at radius 1 is 1.14 bits per heavy atom. The van der Waals surface area contributed by atoms with Gasteiger partial charge in [0.05, 0.1) is 6.54 Å². The number of nitrogens with one attached hydrogen (secondary N) is 1. The highest BCUT2D eigenvalue weighted by Gasteiger charge is 2.49. The monoisotopic (exact) mass is 415 g/mol. The summed E-state index contributed by atoms with van der Waals surface area (Å²) in [6.07, 6.45) is 0. The van der Waals surface area contributed by atoms with E-state index in [1.165, 1.54) is 4.90 Å². The van der Waals surface area contributed by atoms with Crippen molar-refractivity contribution >= 4 is 29.4 Å². The number of rotatable bonds is 7. The molecule has 7 nitrogen and oxygen atoms in total. The maximum atomic E-state index is 12.9. The van der Waals surface area contributed by atoms with Gasteiger partial charge in [-0.25, -0.2) is 4.79 Å². The lowest BCUT2D eigenvalue weighted by Crippen LogP contribution is -2.44. The number of nitrogens with zero attached hydrogens (tertiary/aromatic N) is 2. The average Bonchev–Trinajstić information content (AvgIpc) is 2.94. The number of hydrogen-bond acceptors (Lipinski definition) is 4. The highest BCUT2D eigenvalue weighted by molar-refractivity contribution is 6.30. The van der Waals surface area contributed by atoms with Crippen molar-refractivity contribution in [2.75, 3.05) is 26.7 Å². The molecule has 1 saturated heterocycles. The van der Waals surface area contributed by atoms with Gasteiger partial charge in [-0.2, -0.15) is 0 Å². The van der Waals surface area contributed by atoms with Gasteiger partial charge in [0.25, 0.3) is 5.91 Å². The molecule has 1 heterocycles. The highest BCUT2D eigenvalue weighted by atomic mass is 35.5. The van der Waals surface area contributed by atoms with E-state index in [1.54, 1.807) is 62.5 Å². The van der Waals surface area contributed by atoms with E-state index in [2.05, 4.69) is 5.32 Å². The summed E-state index contributed by atoms with van der Waals surface area (Å²) in [5, 5.41) is 3.30. The fraction of sp³-hybridized carbons (Fsp3) is 0.286. The Labute approximate surface area is 174 Å². The minimum Gasteiger partial charge on any atom is -0.492 e. The summed E-state index contributed by atoms with van der Waals surface area (Å²) in [5.41, 5.74) is -0.521. The van der Waals surface area contributed by atoms with Crippen LogP contribution in [0.2, 0.25) is 5.02 Å². The van der Waals surface area contributed by atoms with Crippen molar-refractivity contribution in [2.45, 2.75) is 12.5 Å². The van der Waals surface area contributed by atoms with Crippen molar-refractivity contribution in [3.8, 4) is 5.75 Å². The first-order valence-corrected chi connectivity index (χ1v) is 9.51. The van der Waals surface area contributed by atoms with Crippen LogP contribution in [0.3, 0.4) is 0 Å². The van der Waals surface area contributed by atoms with Crippen LogP contribution in [0.25, 0.3) is 0 Å². The third-order valence-corrected chi connectivity index (χ3v) is 5.11. The molecule has 0 unspecified atom stereocenters. The number of carbonyl (C=O) groups is 3. The molecule has 0 aromatic heterocycles. The van der Waals surface area contributed by atoms with Crippen LogP contribution >= 0.6 is 11.6 Å². The Bertz CT molecular complexity index is 904. The molecule has 2 aromatic carbocycles. The van der Waals surface area contributed by atoms with Gasteiger partial charge in [0.2, 0.25) is 5.91 Å². The Morgan fingerprint density at radius 2 is 1.79 bits per heavy atom. The number of urea groups is 1. The number of amides is 4. The van der Waals surface area contributed by atoms with E-state index < -0.39 is 17.5 Å². The van der Waals surface area contributed by atoms with Crippen LogP contribution in [0, 0.1) is 0 Å². The molecule has 1 N–H and O–H groups in total. The van der Waals surface area contributed by atoms with Crippen LogP contribution in [-0.2, 0) is 15.1 Å². The molecule has 0 bridgehead atoms. The first-order valence-electron chi connectivity index (χ1n) is 9.13. The third kappa shape index (κ3) is 4.51. The zero-order valence-electron chi connectivity index (χ0n) is 16.2. The standard InChI is InChI=1S/C21H22ClN3O4/c1-21(15-6-4-3-5-7-15)19(27)25(20(28)23-21)14-18(26)24(2)12-13-29-17-10-8-16(22)9-11-17/h3-11H,12-14H2,1-2H3,(H,23,28)/t21-/m0/s1. The number of imide groups is 1. The number of benzene rings is 2. The van der Waals surface area contributed by atoms with Crippen molar-refractivity contribution in [1.82, 2.24) is 15.1 Å². The largest absolute Gasteiger partial charge is 0.492 e. The normalized spacial score (nSPS) is 18.5. The molecule has 0 aliphatic carbocycles. The van der Waals surface area contributed by atoms with Gasteiger partial charge in [-0.3, -0.25) is 14.5 Å². The second-order valence-electron chi connectivity index (χ2n) is 6.93. The second kappa shape index (κ2) is 8.53. The first-order chi connectivity index (χ1) is 13.8. The molecule has 29 heavy (non-hydrogen) atoms. The predicted molar refractivity (Wildman–Crippen MR) is 109 cm³/mol. The summed E-state index contributed by atoms with van der Waals surface area (Å²) >= 11 is 5.83. The van der Waals surface area contributed by atoms with E-state index in [1.807, 2.05) is 6.07 Å². The van der Waals surface area contributed by atoms with Crippen molar-refractivity contribution in [2.24, 2.45) is 0 Å². The van der Waals surface area contributed by atoms with Gasteiger partial charge in [0.1, 0.15) is 24.4 Å². The molecule has 152 valence electrons. The molecule has 0 radical (unpaired) electrons. The minimum absolute atomic E-state index is 0.270. The van der Waals surface area contributed by atoms with E-state index in [4.69, 9.17) is 16.3 Å². The van der Waals surface area contributed by atoms with Gasteiger partial charge < -0.3 is 15.0 Å². The van der Waals surface area contributed by atoms with Gasteiger partial charge >= 0.3 is 6.03 Å². The quantitative estimate of drug-likeness (QED) is 0.705. The average molecular weight is 416 g/mol. The third-order valence-electron chi connectivity index (χ3n) is 4.85. The molecule has 0 saturated carbocycles. The van der Waals surface area contributed by atoms with E-state index in [0.29, 0.717) is 22.9 Å². The summed E-state index contributed by atoms with van der Waals surface area (Å²) in [4.78, 5) is 40.1. The fourth-order valence-corrected chi connectivity index (χ4v) is 3.15. The molecule has 1 aliphatic rings. The van der Waals surface area contributed by atoms with Crippen LogP contribution in [0.1, 0.15) is 12.5 Å². The summed E-state index contributed by atoms with van der Waals surface area (Å²) < 4.78 is 5.57. The Hall–Kier alpha value is -3.06.